The van der Waals surface area contributed by atoms with Gasteiger partial charge in [-0.25, -0.2) is 0 Å². The van der Waals surface area contributed by atoms with E-state index in [-0.39, 0.29) is 12.5 Å². The van der Waals surface area contributed by atoms with Crippen molar-refractivity contribution in [2.75, 3.05) is 24.7 Å². The minimum atomic E-state index is -0.0970. The molecule has 0 radical (unpaired) electrons. The molecule has 2 heterocycles. The Hall–Kier alpha value is -1.51. The Kier molecular flexibility index (Phi) is 5.90. The fraction of sp³-hybridized carbons (Fsp3) is 0.467. The number of nitrogens with zero attached hydrogens (tertiary/aromatic N) is 1. The van der Waals surface area contributed by atoms with Gasteiger partial charge in [-0.15, -0.1) is 0 Å². The van der Waals surface area contributed by atoms with Crippen molar-refractivity contribution in [1.29, 1.82) is 0 Å². The van der Waals surface area contributed by atoms with E-state index in [4.69, 9.17) is 5.11 Å². The van der Waals surface area contributed by atoms with Crippen LogP contribution < -0.4 is 5.32 Å². The zero-order valence-electron chi connectivity index (χ0n) is 11.3. The molecule has 2 N–H and O–H groups in total. The van der Waals surface area contributed by atoms with Crippen LogP contribution in [-0.4, -0.2) is 40.7 Å². The summed E-state index contributed by atoms with van der Waals surface area (Å²) in [6, 6.07) is 1.73. The quantitative estimate of drug-likeness (QED) is 0.821. The van der Waals surface area contributed by atoms with Crippen LogP contribution in [0.3, 0.4) is 0 Å². The summed E-state index contributed by atoms with van der Waals surface area (Å²) in [5.74, 6) is 8.52. The summed E-state index contributed by atoms with van der Waals surface area (Å²) in [5, 5.41) is 11.6. The maximum absolute atomic E-state index is 12.0. The standard InChI is InChI=1S/C15H18N2O2S/c18-5-2-1-3-12-7-14(10-16-8-12)15(19)17-9-13-4-6-20-11-13/h7-8,10,13,18H,2,4-6,9,11H2,(H,17,19). The molecule has 4 nitrogen and oxygen atoms in total. The largest absolute Gasteiger partial charge is 0.395 e. The number of hydrogen-bond acceptors (Lipinski definition) is 4. The molecule has 1 saturated heterocycles. The summed E-state index contributed by atoms with van der Waals surface area (Å²) in [6.07, 6.45) is 4.77. The van der Waals surface area contributed by atoms with Crippen LogP contribution in [-0.2, 0) is 0 Å². The minimum Gasteiger partial charge on any atom is -0.395 e. The number of carbonyl (C=O) groups is 1. The number of aromatic nitrogens is 1. The SMILES string of the molecule is O=C(NCC1CCSC1)c1cncc(C#CCCO)c1. The monoisotopic (exact) mass is 290 g/mol. The third-order valence-electron chi connectivity index (χ3n) is 3.05. The van der Waals surface area contributed by atoms with E-state index >= 15 is 0 Å². The lowest BCUT2D eigenvalue weighted by molar-refractivity contribution is 0.0948. The van der Waals surface area contributed by atoms with Crippen molar-refractivity contribution in [3.8, 4) is 11.8 Å². The van der Waals surface area contributed by atoms with Crippen LogP contribution in [0.25, 0.3) is 0 Å². The van der Waals surface area contributed by atoms with E-state index in [9.17, 15) is 4.79 Å². The number of carbonyl (C=O) groups excluding carboxylic acids is 1. The normalized spacial score (nSPS) is 17.4. The van der Waals surface area contributed by atoms with Crippen LogP contribution in [0.2, 0.25) is 0 Å². The number of thioether (sulfide) groups is 1. The van der Waals surface area contributed by atoms with E-state index < -0.39 is 0 Å². The van der Waals surface area contributed by atoms with Gasteiger partial charge in [0.15, 0.2) is 0 Å². The average molecular weight is 290 g/mol. The topological polar surface area (TPSA) is 62.2 Å². The Morgan fingerprint density at radius 3 is 3.20 bits per heavy atom. The highest BCUT2D eigenvalue weighted by Crippen LogP contribution is 2.22. The molecule has 1 fully saturated rings. The lowest BCUT2D eigenvalue weighted by atomic mass is 10.1. The predicted octanol–water partition coefficient (Wildman–Crippen LogP) is 1.30. The molecule has 0 spiro atoms. The van der Waals surface area contributed by atoms with Crippen LogP contribution in [0.5, 0.6) is 0 Å². The van der Waals surface area contributed by atoms with Gasteiger partial charge >= 0.3 is 0 Å². The number of nitrogens with one attached hydrogen (secondary N) is 1. The smallest absolute Gasteiger partial charge is 0.252 e. The summed E-state index contributed by atoms with van der Waals surface area (Å²) in [6.45, 7) is 0.770. The predicted molar refractivity (Wildman–Crippen MR) is 80.6 cm³/mol. The van der Waals surface area contributed by atoms with Crippen molar-refractivity contribution in [3.63, 3.8) is 0 Å². The fourth-order valence-electron chi connectivity index (χ4n) is 1.94. The number of hydrogen-bond donors (Lipinski definition) is 2. The Bertz CT molecular complexity index is 516. The molecule has 1 aliphatic heterocycles. The van der Waals surface area contributed by atoms with Gasteiger partial charge in [0, 0.05) is 30.9 Å². The zero-order valence-corrected chi connectivity index (χ0v) is 12.1. The Balaban J connectivity index is 1.92. The number of aliphatic hydroxyl groups excluding tert-OH is 1. The van der Waals surface area contributed by atoms with Crippen molar-refractivity contribution in [2.24, 2.45) is 5.92 Å². The lowest BCUT2D eigenvalue weighted by Gasteiger charge is -2.09. The summed E-state index contributed by atoms with van der Waals surface area (Å²) in [7, 11) is 0. The van der Waals surface area contributed by atoms with Crippen molar-refractivity contribution >= 4 is 17.7 Å². The molecule has 2 rings (SSSR count). The Labute approximate surface area is 123 Å². The summed E-state index contributed by atoms with van der Waals surface area (Å²) < 4.78 is 0. The van der Waals surface area contributed by atoms with Gasteiger partial charge in [-0.05, 0) is 29.9 Å². The van der Waals surface area contributed by atoms with Gasteiger partial charge in [0.05, 0.1) is 12.2 Å². The summed E-state index contributed by atoms with van der Waals surface area (Å²) >= 11 is 1.94. The molecule has 1 atom stereocenters. The second-order valence-electron chi connectivity index (χ2n) is 4.68. The maximum atomic E-state index is 12.0. The number of pyridine rings is 1. The highest BCUT2D eigenvalue weighted by molar-refractivity contribution is 7.99. The Morgan fingerprint density at radius 2 is 2.45 bits per heavy atom. The molecule has 1 aromatic heterocycles. The number of amides is 1. The molecule has 0 bridgehead atoms. The fourth-order valence-corrected chi connectivity index (χ4v) is 3.22. The summed E-state index contributed by atoms with van der Waals surface area (Å²) in [4.78, 5) is 16.1. The molecule has 5 heteroatoms. The van der Waals surface area contributed by atoms with Crippen molar-refractivity contribution in [2.45, 2.75) is 12.8 Å². The van der Waals surface area contributed by atoms with Gasteiger partial charge in [-0.1, -0.05) is 11.8 Å². The number of aliphatic hydroxyl groups is 1. The third kappa shape index (κ3) is 4.55. The first-order valence-corrected chi connectivity index (χ1v) is 7.86. The molecular formula is C15H18N2O2S. The maximum Gasteiger partial charge on any atom is 0.252 e. The van der Waals surface area contributed by atoms with E-state index in [0.717, 1.165) is 12.3 Å². The lowest BCUT2D eigenvalue weighted by Crippen LogP contribution is -2.29. The van der Waals surface area contributed by atoms with Gasteiger partial charge in [0.25, 0.3) is 5.91 Å². The van der Waals surface area contributed by atoms with Crippen LogP contribution in [0.1, 0.15) is 28.8 Å². The van der Waals surface area contributed by atoms with Gasteiger partial charge < -0.3 is 10.4 Å². The van der Waals surface area contributed by atoms with Crippen molar-refractivity contribution < 1.29 is 9.90 Å². The van der Waals surface area contributed by atoms with E-state index in [1.54, 1.807) is 18.5 Å². The van der Waals surface area contributed by atoms with Crippen LogP contribution in [0.15, 0.2) is 18.5 Å². The molecule has 1 amide bonds. The number of rotatable bonds is 4. The first-order valence-electron chi connectivity index (χ1n) is 6.70. The van der Waals surface area contributed by atoms with Crippen LogP contribution in [0, 0.1) is 17.8 Å². The molecule has 0 saturated carbocycles. The van der Waals surface area contributed by atoms with Crippen molar-refractivity contribution in [3.05, 3.63) is 29.6 Å². The van der Waals surface area contributed by atoms with Crippen LogP contribution in [0.4, 0.5) is 0 Å². The molecule has 1 aliphatic rings. The van der Waals surface area contributed by atoms with E-state index in [1.165, 1.54) is 12.2 Å². The van der Waals surface area contributed by atoms with E-state index in [1.807, 2.05) is 11.8 Å². The molecule has 1 unspecified atom stereocenters. The highest BCUT2D eigenvalue weighted by Gasteiger charge is 2.16. The van der Waals surface area contributed by atoms with E-state index in [0.29, 0.717) is 23.5 Å². The molecular weight excluding hydrogens is 272 g/mol. The molecule has 1 aromatic rings. The first-order chi connectivity index (χ1) is 9.79. The second kappa shape index (κ2) is 7.93. The second-order valence-corrected chi connectivity index (χ2v) is 5.83. The molecule has 106 valence electrons. The molecule has 0 aromatic carbocycles. The highest BCUT2D eigenvalue weighted by atomic mass is 32.2. The van der Waals surface area contributed by atoms with Crippen LogP contribution >= 0.6 is 11.8 Å². The zero-order chi connectivity index (χ0) is 14.2. The Morgan fingerprint density at radius 1 is 1.55 bits per heavy atom. The van der Waals surface area contributed by atoms with Gasteiger partial charge in [0.2, 0.25) is 0 Å². The van der Waals surface area contributed by atoms with E-state index in [2.05, 4.69) is 22.1 Å². The molecule has 0 aliphatic carbocycles. The van der Waals surface area contributed by atoms with Gasteiger partial charge in [-0.3, -0.25) is 9.78 Å². The van der Waals surface area contributed by atoms with Gasteiger partial charge in [-0.2, -0.15) is 11.8 Å². The van der Waals surface area contributed by atoms with Crippen molar-refractivity contribution in [1.82, 2.24) is 10.3 Å². The minimum absolute atomic E-state index is 0.0417. The summed E-state index contributed by atoms with van der Waals surface area (Å²) in [5.41, 5.74) is 1.23. The molecule has 20 heavy (non-hydrogen) atoms. The average Bonchev–Trinajstić information content (AvgIpc) is 2.99. The first kappa shape index (κ1) is 14.9. The van der Waals surface area contributed by atoms with Gasteiger partial charge in [0.1, 0.15) is 0 Å². The third-order valence-corrected chi connectivity index (χ3v) is 4.28.